The van der Waals surface area contributed by atoms with Gasteiger partial charge in [-0.25, -0.2) is 9.59 Å². The summed E-state index contributed by atoms with van der Waals surface area (Å²) in [5, 5.41) is 0. The zero-order chi connectivity index (χ0) is 15.5. The molecule has 0 unspecified atom stereocenters. The number of hydrogen-bond donors (Lipinski definition) is 0. The molecule has 1 fully saturated rings. The predicted octanol–water partition coefficient (Wildman–Crippen LogP) is 2.84. The Balaban J connectivity index is 1.78. The summed E-state index contributed by atoms with van der Waals surface area (Å²) in [4.78, 5) is 25.3. The van der Waals surface area contributed by atoms with E-state index in [0.29, 0.717) is 25.9 Å². The van der Waals surface area contributed by atoms with Crippen molar-refractivity contribution in [1.29, 1.82) is 0 Å². The number of ether oxygens (including phenoxy) is 2. The minimum absolute atomic E-state index is 0.193. The van der Waals surface area contributed by atoms with Gasteiger partial charge >= 0.3 is 12.1 Å². The van der Waals surface area contributed by atoms with Gasteiger partial charge in [-0.1, -0.05) is 0 Å². The molecule has 1 aromatic heterocycles. The fourth-order valence-electron chi connectivity index (χ4n) is 2.09. The smallest absolute Gasteiger partial charge is 0.410 e. The number of carbonyl (C=O) groups is 2. The first kappa shape index (κ1) is 15.4. The van der Waals surface area contributed by atoms with Crippen molar-refractivity contribution in [2.45, 2.75) is 45.3 Å². The van der Waals surface area contributed by atoms with Gasteiger partial charge in [0.2, 0.25) is 5.76 Å². The summed E-state index contributed by atoms with van der Waals surface area (Å²) in [6, 6.07) is 3.21. The Morgan fingerprint density at radius 2 is 1.95 bits per heavy atom. The van der Waals surface area contributed by atoms with Crippen LogP contribution in [0.15, 0.2) is 22.8 Å². The molecular formula is C15H21NO5. The van der Waals surface area contributed by atoms with Crippen molar-refractivity contribution >= 4 is 12.1 Å². The monoisotopic (exact) mass is 295 g/mol. The highest BCUT2D eigenvalue weighted by Gasteiger charge is 2.28. The Labute approximate surface area is 124 Å². The first-order valence-corrected chi connectivity index (χ1v) is 7.07. The summed E-state index contributed by atoms with van der Waals surface area (Å²) >= 11 is 0. The SMILES string of the molecule is CC(C)(C)OC(=O)N1CCC(OC(=O)c2ccco2)CC1. The minimum Gasteiger partial charge on any atom is -0.457 e. The number of rotatable bonds is 2. The van der Waals surface area contributed by atoms with Gasteiger partial charge in [-0.05, 0) is 32.9 Å². The third kappa shape index (κ3) is 4.51. The van der Waals surface area contributed by atoms with E-state index in [1.807, 2.05) is 20.8 Å². The third-order valence-corrected chi connectivity index (χ3v) is 3.09. The fraction of sp³-hybridized carbons (Fsp3) is 0.600. The average Bonchev–Trinajstić information content (AvgIpc) is 2.91. The number of hydrogen-bond acceptors (Lipinski definition) is 5. The number of piperidine rings is 1. The van der Waals surface area contributed by atoms with Gasteiger partial charge in [-0.15, -0.1) is 0 Å². The summed E-state index contributed by atoms with van der Waals surface area (Å²) in [5.41, 5.74) is -0.500. The molecule has 1 amide bonds. The summed E-state index contributed by atoms with van der Waals surface area (Å²) < 4.78 is 15.7. The first-order chi connectivity index (χ1) is 9.85. The van der Waals surface area contributed by atoms with E-state index in [1.54, 1.807) is 17.0 Å². The van der Waals surface area contributed by atoms with Crippen LogP contribution in [-0.4, -0.2) is 41.8 Å². The fourth-order valence-corrected chi connectivity index (χ4v) is 2.09. The number of furan rings is 1. The van der Waals surface area contributed by atoms with Crippen molar-refractivity contribution in [3.05, 3.63) is 24.2 Å². The van der Waals surface area contributed by atoms with Gasteiger partial charge in [-0.2, -0.15) is 0 Å². The van der Waals surface area contributed by atoms with Crippen molar-refractivity contribution in [1.82, 2.24) is 4.90 Å². The highest BCUT2D eigenvalue weighted by Crippen LogP contribution is 2.18. The number of esters is 1. The molecular weight excluding hydrogens is 274 g/mol. The van der Waals surface area contributed by atoms with E-state index in [0.717, 1.165) is 0 Å². The molecule has 1 saturated heterocycles. The maximum atomic E-state index is 11.9. The second-order valence-corrected chi connectivity index (χ2v) is 6.05. The van der Waals surface area contributed by atoms with Gasteiger partial charge in [0.1, 0.15) is 11.7 Å². The molecule has 0 aliphatic carbocycles. The van der Waals surface area contributed by atoms with Crippen LogP contribution in [0.4, 0.5) is 4.79 Å². The predicted molar refractivity (Wildman–Crippen MR) is 75.0 cm³/mol. The molecule has 1 aliphatic rings. The summed E-state index contributed by atoms with van der Waals surface area (Å²) in [5.74, 6) is -0.264. The summed E-state index contributed by atoms with van der Waals surface area (Å²) in [6.07, 6.45) is 2.12. The Kier molecular flexibility index (Phi) is 4.55. The first-order valence-electron chi connectivity index (χ1n) is 7.07. The van der Waals surface area contributed by atoms with Gasteiger partial charge in [-0.3, -0.25) is 0 Å². The average molecular weight is 295 g/mol. The second-order valence-electron chi connectivity index (χ2n) is 6.05. The van der Waals surface area contributed by atoms with E-state index in [2.05, 4.69) is 0 Å². The Bertz CT molecular complexity index is 481. The minimum atomic E-state index is -0.500. The molecule has 6 nitrogen and oxygen atoms in total. The van der Waals surface area contributed by atoms with Crippen LogP contribution in [0.5, 0.6) is 0 Å². The molecule has 0 spiro atoms. The van der Waals surface area contributed by atoms with E-state index >= 15 is 0 Å². The van der Waals surface area contributed by atoms with Crippen LogP contribution in [0.25, 0.3) is 0 Å². The van der Waals surface area contributed by atoms with E-state index in [-0.39, 0.29) is 18.0 Å². The van der Waals surface area contributed by atoms with Crippen molar-refractivity contribution in [3.8, 4) is 0 Å². The molecule has 0 atom stereocenters. The maximum absolute atomic E-state index is 11.9. The van der Waals surface area contributed by atoms with Crippen molar-refractivity contribution in [2.24, 2.45) is 0 Å². The number of likely N-dealkylation sites (tertiary alicyclic amines) is 1. The molecule has 0 radical (unpaired) electrons. The Morgan fingerprint density at radius 1 is 1.29 bits per heavy atom. The quantitative estimate of drug-likeness (QED) is 0.785. The lowest BCUT2D eigenvalue weighted by atomic mass is 10.1. The molecule has 0 aromatic carbocycles. The standard InChI is InChI=1S/C15H21NO5/c1-15(2,3)21-14(18)16-8-6-11(7-9-16)20-13(17)12-5-4-10-19-12/h4-5,10-11H,6-9H2,1-3H3. The molecule has 0 N–H and O–H groups in total. The maximum Gasteiger partial charge on any atom is 0.410 e. The molecule has 2 heterocycles. The van der Waals surface area contributed by atoms with E-state index < -0.39 is 11.6 Å². The summed E-state index contributed by atoms with van der Waals surface area (Å²) in [7, 11) is 0. The molecule has 116 valence electrons. The van der Waals surface area contributed by atoms with Gasteiger partial charge in [0.15, 0.2) is 0 Å². The lowest BCUT2D eigenvalue weighted by molar-refractivity contribution is -0.00499. The van der Waals surface area contributed by atoms with Crippen LogP contribution < -0.4 is 0 Å². The largest absolute Gasteiger partial charge is 0.457 e. The molecule has 2 rings (SSSR count). The number of amides is 1. The van der Waals surface area contributed by atoms with E-state index in [4.69, 9.17) is 13.9 Å². The van der Waals surface area contributed by atoms with Crippen LogP contribution >= 0.6 is 0 Å². The van der Waals surface area contributed by atoms with Gasteiger partial charge in [0, 0.05) is 25.9 Å². The zero-order valence-electron chi connectivity index (χ0n) is 12.6. The number of nitrogens with zero attached hydrogens (tertiary/aromatic N) is 1. The molecule has 6 heteroatoms. The normalized spacial score (nSPS) is 16.6. The van der Waals surface area contributed by atoms with Gasteiger partial charge in [0.05, 0.1) is 6.26 Å². The highest BCUT2D eigenvalue weighted by atomic mass is 16.6. The van der Waals surface area contributed by atoms with Gasteiger partial charge in [0.25, 0.3) is 0 Å². The van der Waals surface area contributed by atoms with Gasteiger partial charge < -0.3 is 18.8 Å². The molecule has 1 aromatic rings. The summed E-state index contributed by atoms with van der Waals surface area (Å²) in [6.45, 7) is 6.55. The lowest BCUT2D eigenvalue weighted by Gasteiger charge is -2.33. The van der Waals surface area contributed by atoms with E-state index in [1.165, 1.54) is 6.26 Å². The van der Waals surface area contributed by atoms with Crippen molar-refractivity contribution in [3.63, 3.8) is 0 Å². The number of carbonyl (C=O) groups excluding carboxylic acids is 2. The lowest BCUT2D eigenvalue weighted by Crippen LogP contribution is -2.43. The molecule has 0 bridgehead atoms. The zero-order valence-corrected chi connectivity index (χ0v) is 12.6. The van der Waals surface area contributed by atoms with E-state index in [9.17, 15) is 9.59 Å². The van der Waals surface area contributed by atoms with Crippen LogP contribution in [0.3, 0.4) is 0 Å². The van der Waals surface area contributed by atoms with Crippen molar-refractivity contribution in [2.75, 3.05) is 13.1 Å². The molecule has 0 saturated carbocycles. The Hall–Kier alpha value is -1.98. The third-order valence-electron chi connectivity index (χ3n) is 3.09. The van der Waals surface area contributed by atoms with Crippen LogP contribution in [-0.2, 0) is 9.47 Å². The van der Waals surface area contributed by atoms with Crippen LogP contribution in [0.1, 0.15) is 44.2 Å². The van der Waals surface area contributed by atoms with Crippen LogP contribution in [0, 0.1) is 0 Å². The van der Waals surface area contributed by atoms with Crippen molar-refractivity contribution < 1.29 is 23.5 Å². The van der Waals surface area contributed by atoms with Crippen LogP contribution in [0.2, 0.25) is 0 Å². The molecule has 1 aliphatic heterocycles. The second kappa shape index (κ2) is 6.20. The molecule has 21 heavy (non-hydrogen) atoms. The Morgan fingerprint density at radius 3 is 2.48 bits per heavy atom. The highest BCUT2D eigenvalue weighted by molar-refractivity contribution is 5.86. The topological polar surface area (TPSA) is 69.0 Å².